The quantitative estimate of drug-likeness (QED) is 0.543. The molecule has 3 amide bonds. The van der Waals surface area contributed by atoms with Crippen molar-refractivity contribution in [2.45, 2.75) is 56.0 Å². The molecule has 9 nitrogen and oxygen atoms in total. The summed E-state index contributed by atoms with van der Waals surface area (Å²) < 4.78 is 43.0. The number of carbonyl (C=O) groups excluding carboxylic acids is 3. The zero-order chi connectivity index (χ0) is 26.8. The minimum absolute atomic E-state index is 0.208. The summed E-state index contributed by atoms with van der Waals surface area (Å²) in [5, 5.41) is 2.73. The lowest BCUT2D eigenvalue weighted by Crippen LogP contribution is -2.51. The van der Waals surface area contributed by atoms with Crippen molar-refractivity contribution in [3.63, 3.8) is 0 Å². The zero-order valence-corrected chi connectivity index (χ0v) is 20.0. The molecule has 0 bridgehead atoms. The SMILES string of the molecule is Cn1ccnc1C#C[C@H](CC(N)=O)NC(=O)[C@@H]1CCCN1C(=O)C1(c2ccc(OC(F)(F)F)cc2)CC1. The van der Waals surface area contributed by atoms with Crippen LogP contribution in [0.5, 0.6) is 5.75 Å². The molecular weight excluding hydrogens is 491 g/mol. The van der Waals surface area contributed by atoms with Gasteiger partial charge in [0.05, 0.1) is 17.9 Å². The number of nitrogens with two attached hydrogens (primary N) is 1. The van der Waals surface area contributed by atoms with E-state index in [2.05, 4.69) is 26.9 Å². The summed E-state index contributed by atoms with van der Waals surface area (Å²) in [6.45, 7) is 0.368. The number of carbonyl (C=O) groups is 3. The number of amides is 3. The van der Waals surface area contributed by atoms with E-state index in [0.29, 0.717) is 43.6 Å². The number of hydrogen-bond donors (Lipinski definition) is 2. The average molecular weight is 518 g/mol. The summed E-state index contributed by atoms with van der Waals surface area (Å²) in [7, 11) is 1.76. The Bertz CT molecular complexity index is 1240. The summed E-state index contributed by atoms with van der Waals surface area (Å²) in [4.78, 5) is 43.9. The Labute approximate surface area is 211 Å². The molecule has 1 aliphatic heterocycles. The van der Waals surface area contributed by atoms with E-state index >= 15 is 0 Å². The van der Waals surface area contributed by atoms with Gasteiger partial charge in [-0.2, -0.15) is 0 Å². The van der Waals surface area contributed by atoms with Gasteiger partial charge in [-0.1, -0.05) is 18.1 Å². The van der Waals surface area contributed by atoms with Crippen LogP contribution in [0.3, 0.4) is 0 Å². The van der Waals surface area contributed by atoms with Gasteiger partial charge in [0, 0.05) is 26.0 Å². The molecule has 0 unspecified atom stereocenters. The van der Waals surface area contributed by atoms with Crippen LogP contribution in [0.1, 0.15) is 43.5 Å². The highest BCUT2D eigenvalue weighted by Crippen LogP contribution is 2.50. The highest BCUT2D eigenvalue weighted by molar-refractivity contribution is 5.96. The first-order valence-electron chi connectivity index (χ1n) is 11.7. The third kappa shape index (κ3) is 6.04. The smallest absolute Gasteiger partial charge is 0.406 e. The molecule has 4 rings (SSSR count). The molecule has 1 saturated heterocycles. The number of imidazole rings is 1. The van der Waals surface area contributed by atoms with Crippen molar-refractivity contribution in [3.8, 4) is 17.6 Å². The second-order valence-electron chi connectivity index (χ2n) is 9.17. The van der Waals surface area contributed by atoms with Crippen LogP contribution in [0.4, 0.5) is 13.2 Å². The van der Waals surface area contributed by atoms with Gasteiger partial charge in [0.15, 0.2) is 5.82 Å². The minimum atomic E-state index is -4.81. The molecule has 2 atom stereocenters. The molecule has 1 aromatic carbocycles. The monoisotopic (exact) mass is 517 g/mol. The van der Waals surface area contributed by atoms with E-state index in [4.69, 9.17) is 5.73 Å². The number of aromatic nitrogens is 2. The highest BCUT2D eigenvalue weighted by atomic mass is 19.4. The van der Waals surface area contributed by atoms with Crippen molar-refractivity contribution in [2.75, 3.05) is 6.54 Å². The topological polar surface area (TPSA) is 120 Å². The van der Waals surface area contributed by atoms with Crippen LogP contribution in [0.15, 0.2) is 36.7 Å². The maximum Gasteiger partial charge on any atom is 0.573 e. The van der Waals surface area contributed by atoms with Crippen LogP contribution in [0.2, 0.25) is 0 Å². The van der Waals surface area contributed by atoms with E-state index in [1.807, 2.05) is 0 Å². The minimum Gasteiger partial charge on any atom is -0.406 e. The van der Waals surface area contributed by atoms with Gasteiger partial charge in [-0.3, -0.25) is 14.4 Å². The van der Waals surface area contributed by atoms with Gasteiger partial charge in [-0.15, -0.1) is 13.2 Å². The summed E-state index contributed by atoms with van der Waals surface area (Å²) in [6.07, 6.45) is 0.348. The Kier molecular flexibility index (Phi) is 7.16. The zero-order valence-electron chi connectivity index (χ0n) is 20.0. The Morgan fingerprint density at radius 3 is 2.54 bits per heavy atom. The summed E-state index contributed by atoms with van der Waals surface area (Å²) >= 11 is 0. The van der Waals surface area contributed by atoms with E-state index in [1.165, 1.54) is 29.2 Å². The fourth-order valence-electron chi connectivity index (χ4n) is 4.53. The number of ether oxygens (including phenoxy) is 1. The van der Waals surface area contributed by atoms with Crippen LogP contribution in [-0.2, 0) is 26.8 Å². The van der Waals surface area contributed by atoms with Gasteiger partial charge in [0.2, 0.25) is 17.7 Å². The van der Waals surface area contributed by atoms with Gasteiger partial charge >= 0.3 is 6.36 Å². The first-order valence-corrected chi connectivity index (χ1v) is 11.7. The van der Waals surface area contributed by atoms with E-state index in [9.17, 15) is 27.6 Å². The number of rotatable bonds is 7. The molecule has 12 heteroatoms. The lowest BCUT2D eigenvalue weighted by Gasteiger charge is -2.29. The van der Waals surface area contributed by atoms with E-state index in [-0.39, 0.29) is 18.1 Å². The highest BCUT2D eigenvalue weighted by Gasteiger charge is 2.55. The third-order valence-corrected chi connectivity index (χ3v) is 6.52. The van der Waals surface area contributed by atoms with Crippen molar-refractivity contribution >= 4 is 17.7 Å². The summed E-state index contributed by atoms with van der Waals surface area (Å²) in [6, 6.07) is 3.64. The molecule has 2 fully saturated rings. The molecule has 1 aliphatic carbocycles. The first-order chi connectivity index (χ1) is 17.5. The van der Waals surface area contributed by atoms with E-state index in [1.54, 1.807) is 24.0 Å². The number of nitrogens with one attached hydrogen (secondary N) is 1. The van der Waals surface area contributed by atoms with Gasteiger partial charge in [0.1, 0.15) is 11.8 Å². The maximum absolute atomic E-state index is 13.6. The number of alkyl halides is 3. The van der Waals surface area contributed by atoms with Crippen molar-refractivity contribution in [3.05, 3.63) is 48.0 Å². The van der Waals surface area contributed by atoms with Crippen LogP contribution < -0.4 is 15.8 Å². The van der Waals surface area contributed by atoms with E-state index in [0.717, 1.165) is 0 Å². The fraction of sp³-hybridized carbons (Fsp3) is 0.440. The van der Waals surface area contributed by atoms with Crippen molar-refractivity contribution in [2.24, 2.45) is 12.8 Å². The Balaban J connectivity index is 1.47. The Morgan fingerprint density at radius 1 is 1.27 bits per heavy atom. The van der Waals surface area contributed by atoms with Crippen LogP contribution >= 0.6 is 0 Å². The first kappa shape index (κ1) is 26.1. The van der Waals surface area contributed by atoms with Crippen LogP contribution in [0, 0.1) is 11.8 Å². The Morgan fingerprint density at radius 2 is 1.97 bits per heavy atom. The molecule has 1 aromatic heterocycles. The number of primary amides is 1. The summed E-state index contributed by atoms with van der Waals surface area (Å²) in [5.41, 5.74) is 5.03. The number of halogens is 3. The Hall–Kier alpha value is -4.01. The lowest BCUT2D eigenvalue weighted by molar-refractivity contribution is -0.274. The molecule has 3 N–H and O–H groups in total. The number of likely N-dealkylation sites (tertiary alicyclic amines) is 1. The van der Waals surface area contributed by atoms with Crippen molar-refractivity contribution < 1.29 is 32.3 Å². The molecule has 0 spiro atoms. The maximum atomic E-state index is 13.6. The van der Waals surface area contributed by atoms with Gasteiger partial charge in [-0.25, -0.2) is 4.98 Å². The molecule has 2 heterocycles. The molecule has 37 heavy (non-hydrogen) atoms. The predicted molar refractivity (Wildman–Crippen MR) is 125 cm³/mol. The number of aryl methyl sites for hydroxylation is 1. The van der Waals surface area contributed by atoms with Gasteiger partial charge in [-0.05, 0) is 49.3 Å². The molecule has 2 aliphatic rings. The third-order valence-electron chi connectivity index (χ3n) is 6.52. The molecule has 196 valence electrons. The fourth-order valence-corrected chi connectivity index (χ4v) is 4.53. The van der Waals surface area contributed by atoms with Gasteiger partial charge < -0.3 is 25.3 Å². The molecule has 2 aromatic rings. The summed E-state index contributed by atoms with van der Waals surface area (Å²) in [5.74, 6) is 4.38. The van der Waals surface area contributed by atoms with Crippen LogP contribution in [-0.4, -0.2) is 57.2 Å². The lowest BCUT2D eigenvalue weighted by atomic mass is 9.93. The van der Waals surface area contributed by atoms with Crippen molar-refractivity contribution in [1.82, 2.24) is 19.8 Å². The van der Waals surface area contributed by atoms with E-state index < -0.39 is 35.7 Å². The number of nitrogens with zero attached hydrogens (tertiary/aromatic N) is 3. The largest absolute Gasteiger partial charge is 0.573 e. The average Bonchev–Trinajstić information content (AvgIpc) is 3.28. The molecule has 1 saturated carbocycles. The number of hydrogen-bond acceptors (Lipinski definition) is 5. The normalized spacial score (nSPS) is 18.9. The van der Waals surface area contributed by atoms with Crippen LogP contribution in [0.25, 0.3) is 0 Å². The predicted octanol–water partition coefficient (Wildman–Crippen LogP) is 1.75. The second kappa shape index (κ2) is 10.2. The molecule has 0 radical (unpaired) electrons. The van der Waals surface area contributed by atoms with Crippen molar-refractivity contribution in [1.29, 1.82) is 0 Å². The van der Waals surface area contributed by atoms with Gasteiger partial charge in [0.25, 0.3) is 0 Å². The molecular formula is C25H26F3N5O4. The second-order valence-corrected chi connectivity index (χ2v) is 9.17. The number of benzene rings is 1. The standard InChI is InChI=1S/C25H26F3N5O4/c1-32-14-12-30-21(32)9-6-17(15-20(29)34)31-22(35)19-3-2-13-33(19)23(36)24(10-11-24)16-4-7-18(8-5-16)37-25(26,27)28/h4-5,7-8,12,14,17,19H,2-3,10-11,13,15H2,1H3,(H2,29,34)(H,31,35)/t17-,19+/m1/s1.